The number of hydrogen-bond acceptors (Lipinski definition) is 7. The van der Waals surface area contributed by atoms with Crippen LogP contribution < -0.4 is 5.32 Å². The number of anilines is 1. The lowest BCUT2D eigenvalue weighted by molar-refractivity contribution is -0.137. The fourth-order valence-electron chi connectivity index (χ4n) is 3.39. The van der Waals surface area contributed by atoms with E-state index in [2.05, 4.69) is 20.4 Å². The van der Waals surface area contributed by atoms with Crippen LogP contribution in [0.25, 0.3) is 11.4 Å². The molecule has 1 atom stereocenters. The molecule has 1 aliphatic heterocycles. The van der Waals surface area contributed by atoms with Crippen molar-refractivity contribution in [3.05, 3.63) is 47.8 Å². The summed E-state index contributed by atoms with van der Waals surface area (Å²) >= 11 is 1.35. The predicted molar refractivity (Wildman–Crippen MR) is 108 cm³/mol. The van der Waals surface area contributed by atoms with E-state index in [0.29, 0.717) is 23.4 Å². The van der Waals surface area contributed by atoms with Crippen molar-refractivity contribution < 1.29 is 14.1 Å². The van der Waals surface area contributed by atoms with Crippen LogP contribution in [0.4, 0.5) is 5.13 Å². The smallest absolute Gasteiger partial charge is 0.249 e. The Morgan fingerprint density at radius 1 is 1.21 bits per heavy atom. The number of thiazole rings is 1. The standard InChI is InChI=1S/C20H21N5O3S/c26-16(22-20-21-11-13-29-20)9-10-17(27)25-12-5-4-8-15(25)19-23-18(24-28-19)14-6-2-1-3-7-14/h1-3,6-7,11,13,15H,4-5,8-10,12H2,(H,21,22,26). The number of rotatable bonds is 6. The van der Waals surface area contributed by atoms with E-state index in [4.69, 9.17) is 4.52 Å². The van der Waals surface area contributed by atoms with Gasteiger partial charge in [-0.15, -0.1) is 11.3 Å². The molecule has 1 fully saturated rings. The molecule has 1 saturated heterocycles. The first-order valence-corrected chi connectivity index (χ1v) is 10.5. The van der Waals surface area contributed by atoms with Crippen LogP contribution in [-0.2, 0) is 9.59 Å². The summed E-state index contributed by atoms with van der Waals surface area (Å²) in [7, 11) is 0. The van der Waals surface area contributed by atoms with E-state index in [1.54, 1.807) is 16.5 Å². The summed E-state index contributed by atoms with van der Waals surface area (Å²) in [6.45, 7) is 0.626. The fourth-order valence-corrected chi connectivity index (χ4v) is 3.94. The van der Waals surface area contributed by atoms with Crippen molar-refractivity contribution in [2.75, 3.05) is 11.9 Å². The number of likely N-dealkylation sites (tertiary alicyclic amines) is 1. The van der Waals surface area contributed by atoms with Gasteiger partial charge < -0.3 is 14.7 Å². The summed E-state index contributed by atoms with van der Waals surface area (Å²) in [6, 6.07) is 9.34. The van der Waals surface area contributed by atoms with Gasteiger partial charge in [-0.05, 0) is 19.3 Å². The van der Waals surface area contributed by atoms with E-state index in [9.17, 15) is 9.59 Å². The van der Waals surface area contributed by atoms with Crippen LogP contribution in [-0.4, -0.2) is 38.4 Å². The molecule has 29 heavy (non-hydrogen) atoms. The molecule has 9 heteroatoms. The third-order valence-electron chi connectivity index (χ3n) is 4.83. The van der Waals surface area contributed by atoms with Gasteiger partial charge in [-0.3, -0.25) is 9.59 Å². The van der Waals surface area contributed by atoms with Gasteiger partial charge in [0.1, 0.15) is 6.04 Å². The maximum Gasteiger partial charge on any atom is 0.249 e. The van der Waals surface area contributed by atoms with Gasteiger partial charge in [0.15, 0.2) is 5.13 Å². The Labute approximate surface area is 172 Å². The van der Waals surface area contributed by atoms with E-state index >= 15 is 0 Å². The fraction of sp³-hybridized carbons (Fsp3) is 0.350. The van der Waals surface area contributed by atoms with Crippen molar-refractivity contribution in [2.45, 2.75) is 38.1 Å². The molecule has 3 heterocycles. The second-order valence-electron chi connectivity index (χ2n) is 6.81. The zero-order valence-corrected chi connectivity index (χ0v) is 16.6. The minimum Gasteiger partial charge on any atom is -0.337 e. The van der Waals surface area contributed by atoms with Crippen LogP contribution in [0.15, 0.2) is 46.4 Å². The summed E-state index contributed by atoms with van der Waals surface area (Å²) in [6.07, 6.45) is 4.55. The number of nitrogens with zero attached hydrogens (tertiary/aromatic N) is 4. The highest BCUT2D eigenvalue weighted by Gasteiger charge is 2.32. The summed E-state index contributed by atoms with van der Waals surface area (Å²) < 4.78 is 5.49. The highest BCUT2D eigenvalue weighted by molar-refractivity contribution is 7.13. The Kier molecular flexibility index (Phi) is 5.95. The lowest BCUT2D eigenvalue weighted by Crippen LogP contribution is -2.39. The Bertz CT molecular complexity index is 958. The molecule has 1 N–H and O–H groups in total. The first-order valence-electron chi connectivity index (χ1n) is 9.58. The van der Waals surface area contributed by atoms with Crippen molar-refractivity contribution in [1.82, 2.24) is 20.0 Å². The maximum atomic E-state index is 12.8. The number of amides is 2. The predicted octanol–water partition coefficient (Wildman–Crippen LogP) is 3.67. The molecule has 2 aromatic heterocycles. The molecule has 0 spiro atoms. The number of piperidine rings is 1. The Morgan fingerprint density at radius 3 is 2.86 bits per heavy atom. The Balaban J connectivity index is 1.40. The normalized spacial score (nSPS) is 16.6. The molecule has 1 aromatic carbocycles. The van der Waals surface area contributed by atoms with E-state index in [1.807, 2.05) is 30.3 Å². The average molecular weight is 411 g/mol. The topological polar surface area (TPSA) is 101 Å². The van der Waals surface area contributed by atoms with Crippen LogP contribution in [0, 0.1) is 0 Å². The quantitative estimate of drug-likeness (QED) is 0.664. The monoisotopic (exact) mass is 411 g/mol. The molecule has 0 radical (unpaired) electrons. The van der Waals surface area contributed by atoms with E-state index in [-0.39, 0.29) is 30.7 Å². The molecule has 1 aliphatic rings. The highest BCUT2D eigenvalue weighted by atomic mass is 32.1. The zero-order chi connectivity index (χ0) is 20.1. The molecule has 3 aromatic rings. The Morgan fingerprint density at radius 2 is 2.07 bits per heavy atom. The molecule has 8 nitrogen and oxygen atoms in total. The van der Waals surface area contributed by atoms with Gasteiger partial charge in [0.2, 0.25) is 23.5 Å². The number of carbonyl (C=O) groups is 2. The number of benzene rings is 1. The molecule has 0 saturated carbocycles. The molecule has 150 valence electrons. The van der Waals surface area contributed by atoms with Crippen LogP contribution in [0.5, 0.6) is 0 Å². The van der Waals surface area contributed by atoms with E-state index in [0.717, 1.165) is 24.8 Å². The van der Waals surface area contributed by atoms with Crippen LogP contribution in [0.1, 0.15) is 44.0 Å². The van der Waals surface area contributed by atoms with E-state index < -0.39 is 0 Å². The lowest BCUT2D eigenvalue weighted by Gasteiger charge is -2.33. The van der Waals surface area contributed by atoms with Crippen LogP contribution >= 0.6 is 11.3 Å². The van der Waals surface area contributed by atoms with Gasteiger partial charge in [-0.25, -0.2) is 4.98 Å². The highest BCUT2D eigenvalue weighted by Crippen LogP contribution is 2.31. The number of hydrogen-bond donors (Lipinski definition) is 1. The Hall–Kier alpha value is -3.07. The molecular formula is C20H21N5O3S. The van der Waals surface area contributed by atoms with Gasteiger partial charge in [-0.1, -0.05) is 35.5 Å². The first kappa shape index (κ1) is 19.3. The molecule has 0 bridgehead atoms. The minimum absolute atomic E-state index is 0.0801. The zero-order valence-electron chi connectivity index (χ0n) is 15.8. The van der Waals surface area contributed by atoms with Gasteiger partial charge in [0, 0.05) is 36.5 Å². The molecular weight excluding hydrogens is 390 g/mol. The largest absolute Gasteiger partial charge is 0.337 e. The van der Waals surface area contributed by atoms with Crippen molar-refractivity contribution in [3.8, 4) is 11.4 Å². The van der Waals surface area contributed by atoms with Gasteiger partial charge in [-0.2, -0.15) is 4.98 Å². The van der Waals surface area contributed by atoms with E-state index in [1.165, 1.54) is 11.3 Å². The van der Waals surface area contributed by atoms with Crippen LogP contribution in [0.2, 0.25) is 0 Å². The average Bonchev–Trinajstić information content (AvgIpc) is 3.45. The maximum absolute atomic E-state index is 12.8. The summed E-state index contributed by atoms with van der Waals surface area (Å²) in [5.74, 6) is 0.667. The van der Waals surface area contributed by atoms with Crippen molar-refractivity contribution in [1.29, 1.82) is 0 Å². The van der Waals surface area contributed by atoms with Gasteiger partial charge in [0.25, 0.3) is 0 Å². The first-order chi connectivity index (χ1) is 14.2. The molecule has 0 aliphatic carbocycles. The second kappa shape index (κ2) is 8.95. The minimum atomic E-state index is -0.247. The van der Waals surface area contributed by atoms with Gasteiger partial charge >= 0.3 is 0 Å². The molecule has 1 unspecified atom stereocenters. The second-order valence-corrected chi connectivity index (χ2v) is 7.70. The summed E-state index contributed by atoms with van der Waals surface area (Å²) in [5.41, 5.74) is 0.870. The summed E-state index contributed by atoms with van der Waals surface area (Å²) in [4.78, 5) is 35.2. The third-order valence-corrected chi connectivity index (χ3v) is 5.52. The van der Waals surface area contributed by atoms with Crippen molar-refractivity contribution in [2.24, 2.45) is 0 Å². The third kappa shape index (κ3) is 4.68. The number of nitrogens with one attached hydrogen (secondary N) is 1. The van der Waals surface area contributed by atoms with Crippen molar-refractivity contribution in [3.63, 3.8) is 0 Å². The van der Waals surface area contributed by atoms with Gasteiger partial charge in [0.05, 0.1) is 0 Å². The molecule has 4 rings (SSSR count). The summed E-state index contributed by atoms with van der Waals surface area (Å²) in [5, 5.41) is 9.10. The lowest BCUT2D eigenvalue weighted by atomic mass is 10.0. The van der Waals surface area contributed by atoms with Crippen molar-refractivity contribution >= 4 is 28.3 Å². The number of aromatic nitrogens is 3. The molecule has 2 amide bonds. The number of carbonyl (C=O) groups excluding carboxylic acids is 2. The van der Waals surface area contributed by atoms with Crippen LogP contribution in [0.3, 0.4) is 0 Å². The SMILES string of the molecule is O=C(CCC(=O)N1CCCCC1c1nc(-c2ccccc2)no1)Nc1nccs1.